The van der Waals surface area contributed by atoms with E-state index in [0.29, 0.717) is 11.8 Å². The first-order valence-electron chi connectivity index (χ1n) is 24.4. The van der Waals surface area contributed by atoms with Crippen molar-refractivity contribution < 1.29 is 9.22 Å². The van der Waals surface area contributed by atoms with Crippen molar-refractivity contribution in [2.24, 2.45) is 11.8 Å². The van der Waals surface area contributed by atoms with Crippen LogP contribution in [0.5, 0.6) is 0 Å². The second kappa shape index (κ2) is 33.4. The van der Waals surface area contributed by atoms with Crippen molar-refractivity contribution in [2.45, 2.75) is 273 Å². The standard InChI is InChI=1S/C19H38O.2C8H17.2C6H13O.2Sn/c1-4-7-9-11-13-15-17-19(20,6-3)18-16-14-12-10-8-5-2;2*1-3-5-7-8-6-4-2;2*1-3-6(4-2)5-7;;/h3-18H2,1-2H3;2*1,3-8H2,2H3;2*6H,3-5H2,1-2H3;;/q-1;;;2*-1;+1;+2. The molecule has 52 heavy (non-hydrogen) atoms. The third kappa shape index (κ3) is 20.8. The van der Waals surface area contributed by atoms with Crippen molar-refractivity contribution >= 4 is 30.1 Å². The van der Waals surface area contributed by atoms with E-state index in [4.69, 9.17) is 9.22 Å². The van der Waals surface area contributed by atoms with Gasteiger partial charge in [0.25, 0.3) is 0 Å². The molecule has 1 saturated heterocycles. The van der Waals surface area contributed by atoms with Gasteiger partial charge in [-0.3, -0.25) is 0 Å². The molecule has 0 aromatic rings. The van der Waals surface area contributed by atoms with Crippen LogP contribution in [0.1, 0.15) is 254 Å². The molecule has 1 fully saturated rings. The first-order chi connectivity index (χ1) is 25.4. The minimum atomic E-state index is -3.61. The summed E-state index contributed by atoms with van der Waals surface area (Å²) in [6.45, 7) is 20.8. The molecule has 5 heteroatoms. The van der Waals surface area contributed by atoms with E-state index in [1.807, 2.05) is 0 Å². The van der Waals surface area contributed by atoms with E-state index < -0.39 is 30.1 Å². The van der Waals surface area contributed by atoms with Gasteiger partial charge in [0, 0.05) is 0 Å². The Hall–Kier alpha value is 1.48. The summed E-state index contributed by atoms with van der Waals surface area (Å²) in [4.78, 5) is 0. The summed E-state index contributed by atoms with van der Waals surface area (Å²) in [5.74, 6) is 1.32. The molecule has 0 spiro atoms. The van der Waals surface area contributed by atoms with Crippen molar-refractivity contribution in [1.82, 2.24) is 0 Å². The van der Waals surface area contributed by atoms with E-state index >= 15 is 0 Å². The quantitative estimate of drug-likeness (QED) is 0.0456. The van der Waals surface area contributed by atoms with E-state index in [9.17, 15) is 0 Å². The molecule has 0 aromatic carbocycles. The molecule has 3 nitrogen and oxygen atoms in total. The molecule has 1 rings (SSSR count). The molecule has 0 N–H and O–H groups in total. The van der Waals surface area contributed by atoms with Crippen LogP contribution in [0.15, 0.2) is 0 Å². The maximum absolute atomic E-state index is 8.44. The topological polar surface area (TPSA) is 27.7 Å². The number of hydrogen-bond donors (Lipinski definition) is 0. The molecule has 0 aliphatic carbocycles. The van der Waals surface area contributed by atoms with Gasteiger partial charge in [-0.05, 0) is 0 Å². The molecule has 0 radical (unpaired) electrons. The molecule has 0 amide bonds. The third-order valence-corrected chi connectivity index (χ3v) is 80.8. The second-order valence-corrected chi connectivity index (χ2v) is 66.1. The average molecular weight is 949 g/mol. The molecule has 312 valence electrons. The number of hydrogen-bond acceptors (Lipinski definition) is 3. The van der Waals surface area contributed by atoms with Gasteiger partial charge in [-0.1, -0.05) is 0 Å². The summed E-state index contributed by atoms with van der Waals surface area (Å²) < 4.78 is 28.0. The fourth-order valence-electron chi connectivity index (χ4n) is 9.09. The van der Waals surface area contributed by atoms with Crippen LogP contribution < -0.4 is 0 Å². The first-order valence-corrected chi connectivity index (χ1v) is 44.9. The molecule has 1 heterocycles. The zero-order valence-electron chi connectivity index (χ0n) is 37.3. The van der Waals surface area contributed by atoms with Crippen LogP contribution in [0.2, 0.25) is 13.3 Å². The molecule has 0 atom stereocenters. The predicted molar refractivity (Wildman–Crippen MR) is 237 cm³/mol. The Balaban J connectivity index is 3.64. The first kappa shape index (κ1) is 51.5. The summed E-state index contributed by atoms with van der Waals surface area (Å²) in [7, 11) is 0. The fourth-order valence-corrected chi connectivity index (χ4v) is 82.8. The van der Waals surface area contributed by atoms with Gasteiger partial charge in [0.05, 0.1) is 0 Å². The fraction of sp³-hybridized carbons (Fsp3) is 1.00. The molecule has 0 saturated carbocycles. The van der Waals surface area contributed by atoms with Crippen molar-refractivity contribution in [3.63, 3.8) is 0 Å². The Morgan fingerprint density at radius 2 is 0.769 bits per heavy atom. The summed E-state index contributed by atoms with van der Waals surface area (Å²) in [5, 5.41) is 0. The molecule has 0 aromatic heterocycles. The zero-order valence-corrected chi connectivity index (χ0v) is 43.0. The van der Waals surface area contributed by atoms with Crippen molar-refractivity contribution in [1.29, 1.82) is 0 Å². The van der Waals surface area contributed by atoms with Gasteiger partial charge in [0.15, 0.2) is 0 Å². The Morgan fingerprint density at radius 1 is 0.442 bits per heavy atom. The molecular formula is C47H98O3Sn2. The minimum absolute atomic E-state index is 0.104. The monoisotopic (exact) mass is 951 g/mol. The van der Waals surface area contributed by atoms with Gasteiger partial charge < -0.3 is 0 Å². The maximum atomic E-state index is 8.44. The van der Waals surface area contributed by atoms with E-state index in [2.05, 4.69) is 55.4 Å². The average Bonchev–Trinajstić information content (AvgIpc) is 3.16. The number of unbranched alkanes of at least 4 members (excludes halogenated alkanes) is 20. The van der Waals surface area contributed by atoms with E-state index in [1.165, 1.54) is 212 Å². The van der Waals surface area contributed by atoms with E-state index in [-0.39, 0.29) is 5.60 Å². The Kier molecular flexibility index (Phi) is 33.1. The van der Waals surface area contributed by atoms with Crippen molar-refractivity contribution in [3.05, 3.63) is 0 Å². The summed E-state index contributed by atoms with van der Waals surface area (Å²) in [5.41, 5.74) is 0.104. The van der Waals surface area contributed by atoms with Crippen LogP contribution in [0.3, 0.4) is 0 Å². The van der Waals surface area contributed by atoms with E-state index in [0.717, 1.165) is 13.2 Å². The Labute approximate surface area is 335 Å². The van der Waals surface area contributed by atoms with Gasteiger partial charge in [0.2, 0.25) is 0 Å². The summed E-state index contributed by atoms with van der Waals surface area (Å²) in [6, 6.07) is 0. The van der Waals surface area contributed by atoms with Crippen LogP contribution in [0, 0.1) is 11.8 Å². The predicted octanol–water partition coefficient (Wildman–Crippen LogP) is 16.7. The third-order valence-electron chi connectivity index (χ3n) is 13.3. The molecular weight excluding hydrogens is 850 g/mol. The summed E-state index contributed by atoms with van der Waals surface area (Å²) in [6.07, 6.45) is 42.0. The summed E-state index contributed by atoms with van der Waals surface area (Å²) >= 11 is -7.03. The van der Waals surface area contributed by atoms with Gasteiger partial charge >= 0.3 is 338 Å². The van der Waals surface area contributed by atoms with Crippen LogP contribution in [-0.2, 0) is 9.22 Å². The van der Waals surface area contributed by atoms with Crippen LogP contribution >= 0.6 is 0 Å². The van der Waals surface area contributed by atoms with E-state index in [1.54, 1.807) is 0 Å². The normalized spacial score (nSPS) is 16.7. The Morgan fingerprint density at radius 3 is 1.12 bits per heavy atom. The molecule has 0 unspecified atom stereocenters. The van der Waals surface area contributed by atoms with Crippen LogP contribution in [0.25, 0.3) is 0 Å². The SMILES string of the molecule is CCCCCCCCC1(CCCCCCCC)C[CH2][Sn]([O]CC(CC)CC)([O]CC(CC)CC)[Sn]([CH2]CCCCCCC)([CH2]CCCCCCC)[O]1. The van der Waals surface area contributed by atoms with Crippen LogP contribution in [0.4, 0.5) is 0 Å². The van der Waals surface area contributed by atoms with Gasteiger partial charge in [0.1, 0.15) is 0 Å². The Bertz CT molecular complexity index is 720. The van der Waals surface area contributed by atoms with Gasteiger partial charge in [-0.15, -0.1) is 0 Å². The van der Waals surface area contributed by atoms with Gasteiger partial charge in [-0.2, -0.15) is 0 Å². The zero-order chi connectivity index (χ0) is 38.2. The molecule has 0 bridgehead atoms. The second-order valence-electron chi connectivity index (χ2n) is 17.6. The van der Waals surface area contributed by atoms with Crippen molar-refractivity contribution in [2.75, 3.05) is 13.2 Å². The number of rotatable bonds is 38. The molecule has 1 aliphatic rings. The van der Waals surface area contributed by atoms with Crippen molar-refractivity contribution in [3.8, 4) is 0 Å². The van der Waals surface area contributed by atoms with Crippen LogP contribution in [-0.4, -0.2) is 48.9 Å². The van der Waals surface area contributed by atoms with Gasteiger partial charge in [-0.25, -0.2) is 0 Å². The molecule has 1 aliphatic heterocycles.